The van der Waals surface area contributed by atoms with E-state index < -0.39 is 27.9 Å². The number of nitrogens with one attached hydrogen (secondary N) is 1. The Morgan fingerprint density at radius 2 is 1.42 bits per heavy atom. The molecule has 0 aromatic carbocycles. The topological polar surface area (TPSA) is 107 Å². The van der Waals surface area contributed by atoms with Gasteiger partial charge in [0.1, 0.15) is 0 Å². The normalized spacial score (nSPS) is 22.6. The molecule has 3 fully saturated rings. The molecule has 3 aliphatic rings. The third kappa shape index (κ3) is 6.14. The highest BCUT2D eigenvalue weighted by molar-refractivity contribution is 7.86. The van der Waals surface area contributed by atoms with Crippen molar-refractivity contribution in [2.24, 2.45) is 5.92 Å². The summed E-state index contributed by atoms with van der Waals surface area (Å²) in [6, 6.07) is -1.34. The molecule has 1 N–H and O–H groups in total. The lowest BCUT2D eigenvalue weighted by molar-refractivity contribution is -0.141. The van der Waals surface area contributed by atoms with Crippen molar-refractivity contribution in [1.29, 1.82) is 0 Å². The fraction of sp³-hybridized carbons (Fsp3) is 0.870. The van der Waals surface area contributed by atoms with Gasteiger partial charge in [-0.3, -0.25) is 14.4 Å². The second kappa shape index (κ2) is 11.3. The standard InChI is InChI=1S/C23H40N4O5S/c1-17(2)21(22(29)23(30)24-19-9-7-8-10-19)27(20-11-5-4-6-12-20)33(31,32)26-15-13-25(14-16-26)18(3)28/h17,19-21H,4-16H2,1-3H3,(H,24,30)/t21-/m0/s1. The average molecular weight is 485 g/mol. The summed E-state index contributed by atoms with van der Waals surface area (Å²) in [5.74, 6) is -1.75. The van der Waals surface area contributed by atoms with Crippen molar-refractivity contribution in [3.8, 4) is 0 Å². The van der Waals surface area contributed by atoms with Gasteiger partial charge in [0.2, 0.25) is 11.7 Å². The van der Waals surface area contributed by atoms with Gasteiger partial charge in [-0.1, -0.05) is 46.0 Å². The van der Waals surface area contributed by atoms with E-state index in [1.54, 1.807) is 4.90 Å². The molecule has 1 heterocycles. The third-order valence-electron chi connectivity index (χ3n) is 7.30. The number of Topliss-reactive ketones (excluding diaryl/α,β-unsaturated/α-hetero) is 1. The highest BCUT2D eigenvalue weighted by Gasteiger charge is 2.46. The smallest absolute Gasteiger partial charge is 0.289 e. The van der Waals surface area contributed by atoms with Gasteiger partial charge in [-0.05, 0) is 31.6 Å². The zero-order valence-corrected chi connectivity index (χ0v) is 21.1. The van der Waals surface area contributed by atoms with Crippen LogP contribution in [0.5, 0.6) is 0 Å². The molecule has 1 atom stereocenters. The van der Waals surface area contributed by atoms with E-state index >= 15 is 0 Å². The van der Waals surface area contributed by atoms with Crippen molar-refractivity contribution in [1.82, 2.24) is 18.8 Å². The molecule has 0 radical (unpaired) electrons. The molecule has 2 aliphatic carbocycles. The van der Waals surface area contributed by atoms with E-state index in [4.69, 9.17) is 0 Å². The second-order valence-corrected chi connectivity index (χ2v) is 11.9. The van der Waals surface area contributed by atoms with E-state index in [1.165, 1.54) is 15.5 Å². The number of piperazine rings is 1. The zero-order chi connectivity index (χ0) is 24.2. The molecule has 3 rings (SSSR count). The molecule has 188 valence electrons. The molecule has 2 amide bonds. The lowest BCUT2D eigenvalue weighted by Gasteiger charge is -2.43. The van der Waals surface area contributed by atoms with Gasteiger partial charge in [0.25, 0.3) is 16.1 Å². The lowest BCUT2D eigenvalue weighted by atomic mass is 9.91. The fourth-order valence-corrected chi connectivity index (χ4v) is 7.54. The van der Waals surface area contributed by atoms with Crippen LogP contribution in [0.2, 0.25) is 0 Å². The number of amides is 2. The first-order chi connectivity index (χ1) is 15.6. The second-order valence-electron chi connectivity index (χ2n) is 10.0. The minimum atomic E-state index is -4.00. The van der Waals surface area contributed by atoms with E-state index in [2.05, 4.69) is 5.32 Å². The van der Waals surface area contributed by atoms with Gasteiger partial charge in [0.05, 0.1) is 6.04 Å². The summed E-state index contributed by atoms with van der Waals surface area (Å²) in [6.07, 6.45) is 8.01. The summed E-state index contributed by atoms with van der Waals surface area (Å²) in [5, 5.41) is 2.85. The van der Waals surface area contributed by atoms with Gasteiger partial charge in [-0.2, -0.15) is 17.0 Å². The Balaban J connectivity index is 1.87. The van der Waals surface area contributed by atoms with Crippen molar-refractivity contribution in [3.63, 3.8) is 0 Å². The minimum absolute atomic E-state index is 0.00587. The highest BCUT2D eigenvalue weighted by Crippen LogP contribution is 2.31. The van der Waals surface area contributed by atoms with Crippen LogP contribution in [-0.4, -0.2) is 83.8 Å². The van der Waals surface area contributed by atoms with Gasteiger partial charge >= 0.3 is 0 Å². The molecule has 2 saturated carbocycles. The minimum Gasteiger partial charge on any atom is -0.347 e. The summed E-state index contributed by atoms with van der Waals surface area (Å²) >= 11 is 0. The van der Waals surface area contributed by atoms with Crippen LogP contribution in [0.25, 0.3) is 0 Å². The third-order valence-corrected chi connectivity index (χ3v) is 9.38. The van der Waals surface area contributed by atoms with E-state index in [0.717, 1.165) is 44.9 Å². The van der Waals surface area contributed by atoms with Gasteiger partial charge in [-0.15, -0.1) is 0 Å². The first kappa shape index (κ1) is 26.1. The Hall–Kier alpha value is -1.52. The molecule has 33 heavy (non-hydrogen) atoms. The average Bonchev–Trinajstić information content (AvgIpc) is 3.30. The van der Waals surface area contributed by atoms with E-state index in [-0.39, 0.29) is 37.0 Å². The van der Waals surface area contributed by atoms with Crippen LogP contribution in [0.15, 0.2) is 0 Å². The van der Waals surface area contributed by atoms with Gasteiger partial charge in [0, 0.05) is 45.2 Å². The number of carbonyl (C=O) groups is 3. The maximum Gasteiger partial charge on any atom is 0.289 e. The summed E-state index contributed by atoms with van der Waals surface area (Å²) < 4.78 is 30.6. The first-order valence-corrected chi connectivity index (χ1v) is 13.9. The van der Waals surface area contributed by atoms with Crippen LogP contribution in [0, 0.1) is 5.92 Å². The number of carbonyl (C=O) groups excluding carboxylic acids is 3. The Labute approximate surface area is 198 Å². The van der Waals surface area contributed by atoms with Crippen LogP contribution in [0.3, 0.4) is 0 Å². The summed E-state index contributed by atoms with van der Waals surface area (Å²) in [6.45, 7) is 6.14. The Morgan fingerprint density at radius 3 is 1.94 bits per heavy atom. The predicted octanol–water partition coefficient (Wildman–Crippen LogP) is 1.68. The maximum absolute atomic E-state index is 13.9. The fourth-order valence-electron chi connectivity index (χ4n) is 5.43. The highest BCUT2D eigenvalue weighted by atomic mass is 32.2. The molecule has 10 heteroatoms. The van der Waals surface area contributed by atoms with Crippen molar-refractivity contribution < 1.29 is 22.8 Å². The van der Waals surface area contributed by atoms with Crippen LogP contribution < -0.4 is 5.32 Å². The lowest BCUT2D eigenvalue weighted by Crippen LogP contribution is -2.62. The maximum atomic E-state index is 13.9. The van der Waals surface area contributed by atoms with E-state index in [9.17, 15) is 22.8 Å². The monoisotopic (exact) mass is 484 g/mol. The van der Waals surface area contributed by atoms with Crippen LogP contribution >= 0.6 is 0 Å². The number of hydrogen-bond acceptors (Lipinski definition) is 5. The van der Waals surface area contributed by atoms with Crippen molar-refractivity contribution in [2.75, 3.05) is 26.2 Å². The summed E-state index contributed by atoms with van der Waals surface area (Å²) in [7, 11) is -4.00. The van der Waals surface area contributed by atoms with Crippen molar-refractivity contribution in [3.05, 3.63) is 0 Å². The van der Waals surface area contributed by atoms with E-state index in [0.29, 0.717) is 25.9 Å². The van der Waals surface area contributed by atoms with Gasteiger partial charge in [-0.25, -0.2) is 0 Å². The first-order valence-electron chi connectivity index (χ1n) is 12.5. The van der Waals surface area contributed by atoms with Crippen molar-refractivity contribution in [2.45, 2.75) is 96.7 Å². The molecule has 9 nitrogen and oxygen atoms in total. The molecule has 0 unspecified atom stereocenters. The van der Waals surface area contributed by atoms with E-state index in [1.807, 2.05) is 13.8 Å². The van der Waals surface area contributed by atoms with Crippen LogP contribution in [0.1, 0.15) is 78.6 Å². The van der Waals surface area contributed by atoms with Crippen LogP contribution in [0.4, 0.5) is 0 Å². The quantitative estimate of drug-likeness (QED) is 0.528. The number of rotatable bonds is 8. The summed E-state index contributed by atoms with van der Waals surface area (Å²) in [5.41, 5.74) is 0. The SMILES string of the molecule is CC(=O)N1CCN(S(=O)(=O)N(C2CCCCC2)[C@H](C(=O)C(=O)NC2CCCC2)C(C)C)CC1. The summed E-state index contributed by atoms with van der Waals surface area (Å²) in [4.78, 5) is 39.7. The Morgan fingerprint density at radius 1 is 0.879 bits per heavy atom. The molecule has 1 aliphatic heterocycles. The molecule has 1 saturated heterocycles. The van der Waals surface area contributed by atoms with Gasteiger partial charge in [0.15, 0.2) is 0 Å². The predicted molar refractivity (Wildman–Crippen MR) is 125 cm³/mol. The number of ketones is 1. The largest absolute Gasteiger partial charge is 0.347 e. The number of hydrogen-bond donors (Lipinski definition) is 1. The van der Waals surface area contributed by atoms with Crippen LogP contribution in [-0.2, 0) is 24.6 Å². The Bertz CT molecular complexity index is 811. The molecular formula is C23H40N4O5S. The molecule has 0 aromatic heterocycles. The number of nitrogens with zero attached hydrogens (tertiary/aromatic N) is 3. The molecule has 0 bridgehead atoms. The molecular weight excluding hydrogens is 444 g/mol. The zero-order valence-electron chi connectivity index (χ0n) is 20.3. The van der Waals surface area contributed by atoms with Gasteiger partial charge < -0.3 is 10.2 Å². The van der Waals surface area contributed by atoms with Crippen molar-refractivity contribution >= 4 is 27.8 Å². The molecule has 0 aromatic rings. The Kier molecular flexibility index (Phi) is 8.91. The molecule has 0 spiro atoms.